The predicted molar refractivity (Wildman–Crippen MR) is 82.7 cm³/mol. The molecule has 9 heteroatoms. The Morgan fingerprint density at radius 1 is 1.24 bits per heavy atom. The van der Waals surface area contributed by atoms with Gasteiger partial charge in [-0.2, -0.15) is 15.0 Å². The molecule has 8 nitrogen and oxygen atoms in total. The SMILES string of the molecule is COc1ccc(Oc2nc(NN)nc(N(C)C)n2)c(Br)c1. The third kappa shape index (κ3) is 3.70. The molecule has 0 aliphatic carbocycles. The van der Waals surface area contributed by atoms with Crippen LogP contribution in [0, 0.1) is 0 Å². The van der Waals surface area contributed by atoms with Crippen molar-refractivity contribution in [2.24, 2.45) is 5.84 Å². The van der Waals surface area contributed by atoms with Gasteiger partial charge in [-0.1, -0.05) is 0 Å². The summed E-state index contributed by atoms with van der Waals surface area (Å²) in [6.45, 7) is 0. The normalized spacial score (nSPS) is 10.1. The van der Waals surface area contributed by atoms with Crippen molar-refractivity contribution in [3.05, 3.63) is 22.7 Å². The first kappa shape index (κ1) is 15.3. The van der Waals surface area contributed by atoms with Crippen LogP contribution in [0.5, 0.6) is 17.5 Å². The molecule has 21 heavy (non-hydrogen) atoms. The van der Waals surface area contributed by atoms with E-state index in [1.807, 2.05) is 14.1 Å². The zero-order valence-corrected chi connectivity index (χ0v) is 13.4. The molecule has 0 unspecified atom stereocenters. The van der Waals surface area contributed by atoms with E-state index in [0.29, 0.717) is 17.4 Å². The molecular formula is C12H15BrN6O2. The van der Waals surface area contributed by atoms with Gasteiger partial charge in [0.15, 0.2) is 0 Å². The van der Waals surface area contributed by atoms with Crippen LogP contribution in [0.25, 0.3) is 0 Å². The van der Waals surface area contributed by atoms with Crippen LogP contribution in [-0.2, 0) is 0 Å². The lowest BCUT2D eigenvalue weighted by Gasteiger charge is -2.13. The highest BCUT2D eigenvalue weighted by Gasteiger charge is 2.11. The summed E-state index contributed by atoms with van der Waals surface area (Å²) < 4.78 is 11.5. The van der Waals surface area contributed by atoms with E-state index in [1.54, 1.807) is 30.2 Å². The molecule has 3 N–H and O–H groups in total. The number of nitrogen functional groups attached to an aromatic ring is 1. The molecule has 0 saturated carbocycles. The molecule has 1 heterocycles. The van der Waals surface area contributed by atoms with Crippen LogP contribution in [0.3, 0.4) is 0 Å². The van der Waals surface area contributed by atoms with Crippen LogP contribution in [-0.4, -0.2) is 36.2 Å². The lowest BCUT2D eigenvalue weighted by molar-refractivity contribution is 0.409. The number of benzene rings is 1. The van der Waals surface area contributed by atoms with E-state index in [0.717, 1.165) is 4.47 Å². The fraction of sp³-hybridized carbons (Fsp3) is 0.250. The molecule has 0 bridgehead atoms. The number of hydrogen-bond donors (Lipinski definition) is 2. The van der Waals surface area contributed by atoms with Crippen LogP contribution < -0.4 is 25.6 Å². The lowest BCUT2D eigenvalue weighted by atomic mass is 10.3. The van der Waals surface area contributed by atoms with Crippen LogP contribution in [0.4, 0.5) is 11.9 Å². The average Bonchev–Trinajstić information content (AvgIpc) is 2.48. The molecule has 1 aromatic carbocycles. The zero-order chi connectivity index (χ0) is 15.4. The standard InChI is InChI=1S/C12H15BrN6O2/c1-19(2)11-15-10(18-14)16-12(17-11)21-9-5-4-7(20-3)6-8(9)13/h4-6H,14H2,1-3H3,(H,15,16,17,18). The molecule has 0 atom stereocenters. The smallest absolute Gasteiger partial charge is 0.328 e. The second-order valence-electron chi connectivity index (χ2n) is 4.18. The Bertz CT molecular complexity index is 637. The largest absolute Gasteiger partial charge is 0.497 e. The van der Waals surface area contributed by atoms with Crippen LogP contribution in [0.1, 0.15) is 0 Å². The van der Waals surface area contributed by atoms with Crippen molar-refractivity contribution >= 4 is 27.8 Å². The minimum absolute atomic E-state index is 0.132. The Balaban J connectivity index is 2.32. The summed E-state index contributed by atoms with van der Waals surface area (Å²) >= 11 is 3.40. The number of hydrogen-bond acceptors (Lipinski definition) is 8. The quantitative estimate of drug-likeness (QED) is 0.619. The number of nitrogens with zero attached hydrogens (tertiary/aromatic N) is 4. The van der Waals surface area contributed by atoms with Crippen molar-refractivity contribution in [2.45, 2.75) is 0 Å². The third-order valence-electron chi connectivity index (χ3n) is 2.47. The van der Waals surface area contributed by atoms with Gasteiger partial charge in [-0.3, -0.25) is 5.43 Å². The van der Waals surface area contributed by atoms with Crippen LogP contribution in [0.15, 0.2) is 22.7 Å². The van der Waals surface area contributed by atoms with Crippen LogP contribution >= 0.6 is 15.9 Å². The maximum atomic E-state index is 5.66. The monoisotopic (exact) mass is 354 g/mol. The van der Waals surface area contributed by atoms with Gasteiger partial charge in [0, 0.05) is 14.1 Å². The summed E-state index contributed by atoms with van der Waals surface area (Å²) in [6.07, 6.45) is 0. The number of nitrogens with two attached hydrogens (primary N) is 1. The van der Waals surface area contributed by atoms with Gasteiger partial charge in [0.05, 0.1) is 11.6 Å². The Morgan fingerprint density at radius 3 is 2.57 bits per heavy atom. The summed E-state index contributed by atoms with van der Waals surface area (Å²) in [5.41, 5.74) is 2.38. The number of halogens is 1. The highest BCUT2D eigenvalue weighted by molar-refractivity contribution is 9.10. The average molecular weight is 355 g/mol. The van der Waals surface area contributed by atoms with E-state index < -0.39 is 0 Å². The van der Waals surface area contributed by atoms with Gasteiger partial charge in [-0.15, -0.1) is 0 Å². The molecule has 2 aromatic rings. The first-order valence-corrected chi connectivity index (χ1v) is 6.74. The molecule has 0 radical (unpaired) electrons. The number of methoxy groups -OCH3 is 1. The Morgan fingerprint density at radius 2 is 2.00 bits per heavy atom. The molecule has 0 aliphatic heterocycles. The van der Waals surface area contributed by atoms with E-state index >= 15 is 0 Å². The highest BCUT2D eigenvalue weighted by atomic mass is 79.9. The molecule has 0 saturated heterocycles. The number of ether oxygens (including phenoxy) is 2. The second kappa shape index (κ2) is 6.55. The molecule has 112 valence electrons. The first-order valence-electron chi connectivity index (χ1n) is 5.95. The van der Waals surface area contributed by atoms with E-state index in [4.69, 9.17) is 15.3 Å². The van der Waals surface area contributed by atoms with Gasteiger partial charge < -0.3 is 14.4 Å². The molecule has 1 aromatic heterocycles. The summed E-state index contributed by atoms with van der Waals surface area (Å²) in [7, 11) is 5.21. The van der Waals surface area contributed by atoms with Crippen molar-refractivity contribution in [1.29, 1.82) is 0 Å². The zero-order valence-electron chi connectivity index (χ0n) is 11.8. The summed E-state index contributed by atoms with van der Waals surface area (Å²) in [6, 6.07) is 5.44. The van der Waals surface area contributed by atoms with Gasteiger partial charge in [0.1, 0.15) is 11.5 Å². The van der Waals surface area contributed by atoms with E-state index in [9.17, 15) is 0 Å². The van der Waals surface area contributed by atoms with Crippen molar-refractivity contribution in [2.75, 3.05) is 31.5 Å². The minimum Gasteiger partial charge on any atom is -0.497 e. The summed E-state index contributed by atoms with van der Waals surface area (Å²) in [5, 5.41) is 0. The van der Waals surface area contributed by atoms with E-state index in [1.165, 1.54) is 0 Å². The molecule has 0 fully saturated rings. The number of aromatic nitrogens is 3. The van der Waals surface area contributed by atoms with Gasteiger partial charge >= 0.3 is 6.01 Å². The Kier molecular flexibility index (Phi) is 4.76. The molecular weight excluding hydrogens is 340 g/mol. The van der Waals surface area contributed by atoms with Crippen molar-refractivity contribution in [3.8, 4) is 17.5 Å². The van der Waals surface area contributed by atoms with Crippen molar-refractivity contribution in [1.82, 2.24) is 15.0 Å². The Hall–Kier alpha value is -2.13. The fourth-order valence-corrected chi connectivity index (χ4v) is 1.88. The molecule has 2 rings (SSSR count). The van der Waals surface area contributed by atoms with Gasteiger partial charge in [0.25, 0.3) is 0 Å². The lowest BCUT2D eigenvalue weighted by Crippen LogP contribution is -2.17. The predicted octanol–water partition coefficient (Wildman–Crippen LogP) is 1.79. The number of anilines is 2. The number of hydrazine groups is 1. The van der Waals surface area contributed by atoms with Crippen molar-refractivity contribution in [3.63, 3.8) is 0 Å². The Labute approximate surface area is 130 Å². The van der Waals surface area contributed by atoms with E-state index in [2.05, 4.69) is 36.3 Å². The molecule has 0 aliphatic rings. The first-order chi connectivity index (χ1) is 10.0. The second-order valence-corrected chi connectivity index (χ2v) is 5.03. The summed E-state index contributed by atoms with van der Waals surface area (Å²) in [5.74, 6) is 7.25. The summed E-state index contributed by atoms with van der Waals surface area (Å²) in [4.78, 5) is 14.1. The maximum Gasteiger partial charge on any atom is 0.328 e. The highest BCUT2D eigenvalue weighted by Crippen LogP contribution is 2.32. The van der Waals surface area contributed by atoms with Crippen LogP contribution in [0.2, 0.25) is 0 Å². The van der Waals surface area contributed by atoms with E-state index in [-0.39, 0.29) is 12.0 Å². The molecule has 0 amide bonds. The number of rotatable bonds is 5. The third-order valence-corrected chi connectivity index (χ3v) is 3.09. The maximum absolute atomic E-state index is 5.66. The van der Waals surface area contributed by atoms with Gasteiger partial charge in [-0.25, -0.2) is 5.84 Å². The van der Waals surface area contributed by atoms with Gasteiger partial charge in [0.2, 0.25) is 11.9 Å². The van der Waals surface area contributed by atoms with Crippen molar-refractivity contribution < 1.29 is 9.47 Å². The fourth-order valence-electron chi connectivity index (χ4n) is 1.45. The topological polar surface area (TPSA) is 98.4 Å². The van der Waals surface area contributed by atoms with Gasteiger partial charge in [-0.05, 0) is 34.1 Å². The number of nitrogens with one attached hydrogen (secondary N) is 1. The molecule has 0 spiro atoms. The minimum atomic E-state index is 0.132.